The van der Waals surface area contributed by atoms with Gasteiger partial charge < -0.3 is 25.4 Å². The van der Waals surface area contributed by atoms with Crippen LogP contribution in [0.15, 0.2) is 24.3 Å². The first-order chi connectivity index (χ1) is 11.5. The van der Waals surface area contributed by atoms with E-state index in [0.29, 0.717) is 42.5 Å². The van der Waals surface area contributed by atoms with E-state index in [1.807, 2.05) is 0 Å². The van der Waals surface area contributed by atoms with Gasteiger partial charge in [0.25, 0.3) is 0 Å². The van der Waals surface area contributed by atoms with Gasteiger partial charge >= 0.3 is 5.97 Å². The number of pyridine rings is 2. The third-order valence-corrected chi connectivity index (χ3v) is 3.32. The molecule has 2 rings (SSSR count). The van der Waals surface area contributed by atoms with E-state index in [-0.39, 0.29) is 17.9 Å². The lowest BCUT2D eigenvalue weighted by Gasteiger charge is -2.08. The average Bonchev–Trinajstić information content (AvgIpc) is 2.59. The topological polar surface area (TPSA) is 125 Å². The van der Waals surface area contributed by atoms with Gasteiger partial charge in [-0.05, 0) is 18.2 Å². The summed E-state index contributed by atoms with van der Waals surface area (Å²) < 4.78 is 5.01. The molecule has 4 N–H and O–H groups in total. The largest absolute Gasteiger partial charge is 0.506 e. The quantitative estimate of drug-likeness (QED) is 0.521. The Balaban J connectivity index is 1.95. The maximum absolute atomic E-state index is 11.1. The lowest BCUT2D eigenvalue weighted by atomic mass is 10.2. The second-order valence-electron chi connectivity index (χ2n) is 5.05. The minimum atomic E-state index is -1.07. The summed E-state index contributed by atoms with van der Waals surface area (Å²) in [6.07, 6.45) is 0.467. The smallest absolute Gasteiger partial charge is 0.335 e. The van der Waals surface area contributed by atoms with Crippen LogP contribution in [0.3, 0.4) is 0 Å². The monoisotopic (exact) mass is 333 g/mol. The van der Waals surface area contributed by atoms with Crippen molar-refractivity contribution < 1.29 is 24.9 Å². The van der Waals surface area contributed by atoms with Crippen LogP contribution < -0.4 is 10.1 Å². The second kappa shape index (κ2) is 8.23. The number of hydrogen-bond donors (Lipinski definition) is 4. The fourth-order valence-corrected chi connectivity index (χ4v) is 2.14. The molecule has 2 heterocycles. The Labute approximate surface area is 138 Å². The molecule has 8 nitrogen and oxygen atoms in total. The highest BCUT2D eigenvalue weighted by Crippen LogP contribution is 2.18. The first-order valence-corrected chi connectivity index (χ1v) is 7.31. The zero-order valence-electron chi connectivity index (χ0n) is 13.2. The number of carbonyl (C=O) groups is 1. The van der Waals surface area contributed by atoms with Gasteiger partial charge in [0.2, 0.25) is 5.88 Å². The minimum absolute atomic E-state index is 0.0814. The molecular formula is C16H19N3O5. The van der Waals surface area contributed by atoms with Crippen molar-refractivity contribution in [2.45, 2.75) is 19.6 Å². The van der Waals surface area contributed by atoms with Crippen LogP contribution in [-0.2, 0) is 19.6 Å². The number of ether oxygens (including phenoxy) is 1. The van der Waals surface area contributed by atoms with E-state index in [1.54, 1.807) is 6.07 Å². The maximum Gasteiger partial charge on any atom is 0.335 e. The van der Waals surface area contributed by atoms with Gasteiger partial charge in [0.15, 0.2) is 0 Å². The van der Waals surface area contributed by atoms with Crippen LogP contribution >= 0.6 is 0 Å². The van der Waals surface area contributed by atoms with Crippen molar-refractivity contribution in [3.63, 3.8) is 0 Å². The molecule has 0 saturated heterocycles. The highest BCUT2D eigenvalue weighted by molar-refractivity contribution is 5.87. The lowest BCUT2D eigenvalue weighted by Crippen LogP contribution is -2.19. The summed E-state index contributed by atoms with van der Waals surface area (Å²) in [5.74, 6) is -0.559. The molecule has 2 aromatic heterocycles. The van der Waals surface area contributed by atoms with Crippen LogP contribution in [0.1, 0.15) is 27.4 Å². The number of aromatic hydroxyl groups is 1. The minimum Gasteiger partial charge on any atom is -0.506 e. The Morgan fingerprint density at radius 3 is 2.67 bits per heavy atom. The molecule has 0 atom stereocenters. The molecule has 0 radical (unpaired) electrons. The average molecular weight is 333 g/mol. The highest BCUT2D eigenvalue weighted by Gasteiger charge is 2.09. The third kappa shape index (κ3) is 4.64. The molecule has 128 valence electrons. The Morgan fingerprint density at radius 2 is 2.00 bits per heavy atom. The number of nitrogens with one attached hydrogen (secondary N) is 1. The number of aliphatic hydroxyl groups is 1. The van der Waals surface area contributed by atoms with Crippen LogP contribution in [0.2, 0.25) is 0 Å². The van der Waals surface area contributed by atoms with E-state index in [1.165, 1.54) is 25.3 Å². The second-order valence-corrected chi connectivity index (χ2v) is 5.05. The molecule has 2 aromatic rings. The molecule has 0 unspecified atom stereocenters. The number of aliphatic hydroxyl groups excluding tert-OH is 1. The molecular weight excluding hydrogens is 314 g/mol. The fourth-order valence-electron chi connectivity index (χ4n) is 2.14. The molecule has 0 aromatic carbocycles. The summed E-state index contributed by atoms with van der Waals surface area (Å²) in [6, 6.07) is 5.89. The van der Waals surface area contributed by atoms with E-state index >= 15 is 0 Å². The fraction of sp³-hybridized carbons (Fsp3) is 0.312. The third-order valence-electron chi connectivity index (χ3n) is 3.32. The van der Waals surface area contributed by atoms with Crippen LogP contribution in [-0.4, -0.2) is 44.9 Å². The number of rotatable bonds is 8. The predicted molar refractivity (Wildman–Crippen MR) is 85.0 cm³/mol. The van der Waals surface area contributed by atoms with Crippen molar-refractivity contribution in [1.29, 1.82) is 0 Å². The van der Waals surface area contributed by atoms with Crippen LogP contribution in [0.4, 0.5) is 0 Å². The van der Waals surface area contributed by atoms with Gasteiger partial charge in [-0.2, -0.15) is 0 Å². The van der Waals surface area contributed by atoms with Gasteiger partial charge in [0.05, 0.1) is 36.4 Å². The molecule has 0 bridgehead atoms. The van der Waals surface area contributed by atoms with E-state index in [9.17, 15) is 9.90 Å². The molecule has 0 fully saturated rings. The van der Waals surface area contributed by atoms with Crippen LogP contribution in [0, 0.1) is 0 Å². The summed E-state index contributed by atoms with van der Waals surface area (Å²) in [7, 11) is 1.50. The van der Waals surface area contributed by atoms with Crippen molar-refractivity contribution >= 4 is 5.97 Å². The van der Waals surface area contributed by atoms with Gasteiger partial charge in [0, 0.05) is 25.6 Å². The van der Waals surface area contributed by atoms with Gasteiger partial charge in [-0.25, -0.2) is 9.78 Å². The highest BCUT2D eigenvalue weighted by atomic mass is 16.5. The van der Waals surface area contributed by atoms with Crippen molar-refractivity contribution in [3.05, 3.63) is 46.9 Å². The number of carboxylic acids is 1. The Hall–Kier alpha value is -2.71. The number of aromatic carboxylic acids is 1. The van der Waals surface area contributed by atoms with E-state index < -0.39 is 5.97 Å². The molecule has 0 aliphatic heterocycles. The van der Waals surface area contributed by atoms with Crippen molar-refractivity contribution in [2.24, 2.45) is 0 Å². The summed E-state index contributed by atoms with van der Waals surface area (Å²) >= 11 is 0. The van der Waals surface area contributed by atoms with Gasteiger partial charge in [-0.3, -0.25) is 4.98 Å². The predicted octanol–water partition coefficient (Wildman–Crippen LogP) is 0.714. The zero-order chi connectivity index (χ0) is 17.5. The van der Waals surface area contributed by atoms with E-state index in [0.717, 1.165) is 0 Å². The summed E-state index contributed by atoms with van der Waals surface area (Å²) in [5, 5.41) is 31.1. The first-order valence-electron chi connectivity index (χ1n) is 7.31. The lowest BCUT2D eigenvalue weighted by molar-refractivity contribution is 0.0696. The van der Waals surface area contributed by atoms with Gasteiger partial charge in [-0.15, -0.1) is 0 Å². The Bertz CT molecular complexity index is 721. The molecule has 0 saturated carbocycles. The standard InChI is InChI=1S/C16H19N3O5/c1-24-15-3-2-14(21)13(19-15)4-5-17-8-11-6-10(16(22)23)7-12(9-20)18-11/h2-3,6-7,17,20-21H,4-5,8-9H2,1H3,(H,22,23). The summed E-state index contributed by atoms with van der Waals surface area (Å²) in [6.45, 7) is 0.510. The summed E-state index contributed by atoms with van der Waals surface area (Å²) in [4.78, 5) is 19.4. The van der Waals surface area contributed by atoms with Crippen LogP contribution in [0.25, 0.3) is 0 Å². The SMILES string of the molecule is COc1ccc(O)c(CCNCc2cc(C(=O)O)cc(CO)n2)n1. The molecule has 24 heavy (non-hydrogen) atoms. The molecule has 0 spiro atoms. The molecule has 0 aliphatic rings. The Morgan fingerprint density at radius 1 is 1.25 bits per heavy atom. The van der Waals surface area contributed by atoms with Gasteiger partial charge in [0.1, 0.15) is 5.75 Å². The molecule has 8 heteroatoms. The van der Waals surface area contributed by atoms with Crippen molar-refractivity contribution in [1.82, 2.24) is 15.3 Å². The number of aromatic nitrogens is 2. The number of carboxylic acid groups (broad SMARTS) is 1. The van der Waals surface area contributed by atoms with Crippen LogP contribution in [0.5, 0.6) is 11.6 Å². The normalized spacial score (nSPS) is 10.6. The van der Waals surface area contributed by atoms with Gasteiger partial charge in [-0.1, -0.05) is 0 Å². The van der Waals surface area contributed by atoms with Crippen molar-refractivity contribution in [3.8, 4) is 11.6 Å². The number of methoxy groups -OCH3 is 1. The zero-order valence-corrected chi connectivity index (χ0v) is 13.2. The number of nitrogens with zero attached hydrogens (tertiary/aromatic N) is 2. The van der Waals surface area contributed by atoms with E-state index in [2.05, 4.69) is 15.3 Å². The first kappa shape index (κ1) is 17.6. The molecule has 0 amide bonds. The van der Waals surface area contributed by atoms with E-state index in [4.69, 9.17) is 14.9 Å². The summed E-state index contributed by atoms with van der Waals surface area (Å²) in [5.41, 5.74) is 1.41. The molecule has 0 aliphatic carbocycles. The number of hydrogen-bond acceptors (Lipinski definition) is 7. The van der Waals surface area contributed by atoms with Crippen molar-refractivity contribution in [2.75, 3.05) is 13.7 Å². The Kier molecular flexibility index (Phi) is 6.05. The maximum atomic E-state index is 11.1.